The number of benzene rings is 1. The highest BCUT2D eigenvalue weighted by atomic mass is 35.5. The number of nitrogens with one attached hydrogen (secondary N) is 1. The van der Waals surface area contributed by atoms with Crippen LogP contribution in [-0.2, 0) is 19.7 Å². The number of likely N-dealkylation sites (tertiary alicyclic amines) is 1. The van der Waals surface area contributed by atoms with E-state index in [0.717, 1.165) is 35.6 Å². The highest BCUT2D eigenvalue weighted by Gasteiger charge is 2.38. The van der Waals surface area contributed by atoms with E-state index >= 15 is 0 Å². The molecule has 2 fully saturated rings. The van der Waals surface area contributed by atoms with Crippen LogP contribution in [0.15, 0.2) is 24.3 Å². The molecule has 0 spiro atoms. The molecule has 1 aromatic rings. The highest BCUT2D eigenvalue weighted by molar-refractivity contribution is 7.87. The maximum Gasteiger partial charge on any atom is 0.410 e. The van der Waals surface area contributed by atoms with Crippen LogP contribution >= 0.6 is 11.6 Å². The van der Waals surface area contributed by atoms with Crippen molar-refractivity contribution in [3.05, 3.63) is 29.8 Å². The molecule has 0 radical (unpaired) electrons. The standard InChI is InChI=1S/C24H38ClN3O6S/c1-27(2)35(31,32)26-22-8-4-14-28(24(30)33-15-5-13-25)23(22)17-34-21-11-9-18(10-12-21)19-6-3-7-20(29)16-19/h3,6-7,16,18,21-23,26,29H,4-5,8-15,17H2,1-2H3/t18?,21?,22-,23-/m0/s1. The Morgan fingerprint density at radius 3 is 2.63 bits per heavy atom. The maximum atomic E-state index is 12.8. The third-order valence-corrected chi connectivity index (χ3v) is 8.65. The van der Waals surface area contributed by atoms with E-state index < -0.39 is 28.4 Å². The van der Waals surface area contributed by atoms with Crippen LogP contribution in [0, 0.1) is 0 Å². The number of nitrogens with zero attached hydrogens (tertiary/aromatic N) is 2. The van der Waals surface area contributed by atoms with Crippen LogP contribution in [0.5, 0.6) is 5.75 Å². The van der Waals surface area contributed by atoms with Gasteiger partial charge in [0.1, 0.15) is 5.75 Å². The Morgan fingerprint density at radius 1 is 1.23 bits per heavy atom. The molecular weight excluding hydrogens is 494 g/mol. The highest BCUT2D eigenvalue weighted by Crippen LogP contribution is 2.35. The fraction of sp³-hybridized carbons (Fsp3) is 0.708. The van der Waals surface area contributed by atoms with Gasteiger partial charge in [-0.15, -0.1) is 11.6 Å². The third kappa shape index (κ3) is 7.95. The van der Waals surface area contributed by atoms with Crippen molar-refractivity contribution in [3.8, 4) is 5.75 Å². The summed E-state index contributed by atoms with van der Waals surface area (Å²) in [5.41, 5.74) is 1.14. The first-order valence-corrected chi connectivity index (χ1v) is 14.3. The molecule has 0 aromatic heterocycles. The molecule has 2 atom stereocenters. The van der Waals surface area contributed by atoms with Gasteiger partial charge in [-0.1, -0.05) is 12.1 Å². The molecule has 0 bridgehead atoms. The number of phenolic OH excluding ortho intramolecular Hbond substituents is 1. The average molecular weight is 532 g/mol. The van der Waals surface area contributed by atoms with Gasteiger partial charge in [-0.05, 0) is 68.6 Å². The molecule has 1 saturated heterocycles. The minimum absolute atomic E-state index is 0.0331. The lowest BCUT2D eigenvalue weighted by Crippen LogP contribution is -2.60. The second kappa shape index (κ2) is 13.1. The van der Waals surface area contributed by atoms with E-state index in [-0.39, 0.29) is 25.1 Å². The summed E-state index contributed by atoms with van der Waals surface area (Å²) in [5.74, 6) is 1.06. The lowest BCUT2D eigenvalue weighted by Gasteiger charge is -2.41. The van der Waals surface area contributed by atoms with Gasteiger partial charge in [0.15, 0.2) is 0 Å². The third-order valence-electron chi connectivity index (χ3n) is 6.82. The summed E-state index contributed by atoms with van der Waals surface area (Å²) >= 11 is 5.70. The molecule has 0 unspecified atom stereocenters. The largest absolute Gasteiger partial charge is 0.508 e. The Kier molecular flexibility index (Phi) is 10.5. The first-order valence-electron chi connectivity index (χ1n) is 12.3. The summed E-state index contributed by atoms with van der Waals surface area (Å²) in [7, 11) is -0.730. The van der Waals surface area contributed by atoms with E-state index in [2.05, 4.69) is 4.72 Å². The van der Waals surface area contributed by atoms with Gasteiger partial charge in [0, 0.05) is 32.6 Å². The minimum atomic E-state index is -3.67. The Labute approximate surface area is 213 Å². The van der Waals surface area contributed by atoms with E-state index in [1.165, 1.54) is 14.1 Å². The Hall–Kier alpha value is -1.59. The average Bonchev–Trinajstić information content (AvgIpc) is 2.83. The van der Waals surface area contributed by atoms with Crippen LogP contribution < -0.4 is 4.72 Å². The number of hydrogen-bond donors (Lipinski definition) is 2. The first-order chi connectivity index (χ1) is 16.7. The SMILES string of the molecule is CN(C)S(=O)(=O)N[C@H]1CCCN(C(=O)OCCCCl)[C@H]1COC1CCC(c2cccc(O)c2)CC1. The van der Waals surface area contributed by atoms with E-state index in [0.29, 0.717) is 37.6 Å². The molecule has 1 amide bonds. The summed E-state index contributed by atoms with van der Waals surface area (Å²) in [4.78, 5) is 14.4. The summed E-state index contributed by atoms with van der Waals surface area (Å²) in [6.45, 7) is 0.935. The van der Waals surface area contributed by atoms with E-state index in [4.69, 9.17) is 21.1 Å². The number of hydrogen-bond acceptors (Lipinski definition) is 6. The van der Waals surface area contributed by atoms with Crippen molar-refractivity contribution < 1.29 is 27.8 Å². The summed E-state index contributed by atoms with van der Waals surface area (Å²) in [5, 5.41) is 9.78. The van der Waals surface area contributed by atoms with Crippen molar-refractivity contribution in [1.29, 1.82) is 0 Å². The molecule has 1 aromatic carbocycles. The van der Waals surface area contributed by atoms with E-state index in [1.807, 2.05) is 18.2 Å². The molecule has 35 heavy (non-hydrogen) atoms. The number of aromatic hydroxyl groups is 1. The fourth-order valence-corrected chi connectivity index (χ4v) is 5.77. The number of piperidine rings is 1. The van der Waals surface area contributed by atoms with Crippen LogP contribution in [-0.4, -0.2) is 86.7 Å². The molecule has 1 saturated carbocycles. The second-order valence-electron chi connectivity index (χ2n) is 9.47. The molecule has 3 rings (SSSR count). The predicted octanol–water partition coefficient (Wildman–Crippen LogP) is 3.43. The Bertz CT molecular complexity index is 924. The van der Waals surface area contributed by atoms with Crippen molar-refractivity contribution >= 4 is 27.9 Å². The zero-order valence-corrected chi connectivity index (χ0v) is 22.1. The molecule has 1 aliphatic carbocycles. The molecule has 9 nitrogen and oxygen atoms in total. The zero-order valence-electron chi connectivity index (χ0n) is 20.6. The molecular formula is C24H38ClN3O6S. The van der Waals surface area contributed by atoms with Crippen molar-refractivity contribution in [2.75, 3.05) is 39.7 Å². The number of halogens is 1. The normalized spacial score (nSPS) is 25.5. The molecule has 1 aliphatic heterocycles. The number of carbonyl (C=O) groups is 1. The minimum Gasteiger partial charge on any atom is -0.508 e. The summed E-state index contributed by atoms with van der Waals surface area (Å²) in [6, 6.07) is 6.47. The molecule has 2 aliphatic rings. The monoisotopic (exact) mass is 531 g/mol. The van der Waals surface area contributed by atoms with Gasteiger partial charge < -0.3 is 19.5 Å². The molecule has 1 heterocycles. The van der Waals surface area contributed by atoms with E-state index in [1.54, 1.807) is 11.0 Å². The van der Waals surface area contributed by atoms with E-state index in [9.17, 15) is 18.3 Å². The number of alkyl halides is 1. The van der Waals surface area contributed by atoms with Crippen LogP contribution in [0.4, 0.5) is 4.79 Å². The van der Waals surface area contributed by atoms with Crippen LogP contribution in [0.1, 0.15) is 56.4 Å². The number of rotatable bonds is 10. The zero-order chi connectivity index (χ0) is 25.4. The second-order valence-corrected chi connectivity index (χ2v) is 11.8. The smallest absolute Gasteiger partial charge is 0.410 e. The van der Waals surface area contributed by atoms with Crippen molar-refractivity contribution in [1.82, 2.24) is 13.9 Å². The lowest BCUT2D eigenvalue weighted by atomic mass is 9.82. The number of phenols is 1. The van der Waals surface area contributed by atoms with Gasteiger partial charge in [-0.3, -0.25) is 0 Å². The topological polar surface area (TPSA) is 108 Å². The van der Waals surface area contributed by atoms with Gasteiger partial charge in [0.05, 0.1) is 25.4 Å². The molecule has 198 valence electrons. The molecule has 2 N–H and O–H groups in total. The fourth-order valence-electron chi connectivity index (χ4n) is 4.80. The first kappa shape index (κ1) is 28.0. The maximum absolute atomic E-state index is 12.8. The van der Waals surface area contributed by atoms with Crippen molar-refractivity contribution in [3.63, 3.8) is 0 Å². The van der Waals surface area contributed by atoms with Gasteiger partial charge in [-0.25, -0.2) is 4.79 Å². The van der Waals surface area contributed by atoms with Gasteiger partial charge in [-0.2, -0.15) is 17.4 Å². The number of amides is 1. The van der Waals surface area contributed by atoms with Crippen LogP contribution in [0.2, 0.25) is 0 Å². The van der Waals surface area contributed by atoms with Crippen LogP contribution in [0.3, 0.4) is 0 Å². The van der Waals surface area contributed by atoms with Crippen molar-refractivity contribution in [2.24, 2.45) is 0 Å². The summed E-state index contributed by atoms with van der Waals surface area (Å²) in [6.07, 6.45) is 5.01. The van der Waals surface area contributed by atoms with Gasteiger partial charge in [0.25, 0.3) is 10.2 Å². The number of ether oxygens (including phenoxy) is 2. The molecule has 11 heteroatoms. The quantitative estimate of drug-likeness (QED) is 0.354. The van der Waals surface area contributed by atoms with Crippen molar-refractivity contribution in [2.45, 2.75) is 69.1 Å². The van der Waals surface area contributed by atoms with Crippen LogP contribution in [0.25, 0.3) is 0 Å². The Balaban J connectivity index is 1.63. The Morgan fingerprint density at radius 2 is 1.97 bits per heavy atom. The van der Waals surface area contributed by atoms with Gasteiger partial charge >= 0.3 is 6.09 Å². The summed E-state index contributed by atoms with van der Waals surface area (Å²) < 4.78 is 40.6. The van der Waals surface area contributed by atoms with Gasteiger partial charge in [0.2, 0.25) is 0 Å². The predicted molar refractivity (Wildman–Crippen MR) is 135 cm³/mol. The number of carbonyl (C=O) groups excluding carboxylic acids is 1. The lowest BCUT2D eigenvalue weighted by molar-refractivity contribution is -0.0266.